The third kappa shape index (κ3) is 3.10. The molecule has 3 rings (SSSR count). The summed E-state index contributed by atoms with van der Waals surface area (Å²) in [7, 11) is 0. The Morgan fingerprint density at radius 2 is 2.10 bits per heavy atom. The number of nitrogens with one attached hydrogen (secondary N) is 1. The summed E-state index contributed by atoms with van der Waals surface area (Å²) in [6, 6.07) is 5.27. The standard InChI is InChI=1S/C17H24FN3/c1-12(2)21-16-5-4-14(18)11-15(16)20-17(21)6-3-13-7-9-19-10-8-13/h4-5,11-13,19H,3,6-10H2,1-2H3. The van der Waals surface area contributed by atoms with E-state index in [-0.39, 0.29) is 5.82 Å². The van der Waals surface area contributed by atoms with Crippen LogP contribution in [0.15, 0.2) is 18.2 Å². The summed E-state index contributed by atoms with van der Waals surface area (Å²) in [5.74, 6) is 1.69. The van der Waals surface area contributed by atoms with E-state index in [2.05, 4.69) is 28.7 Å². The zero-order valence-electron chi connectivity index (χ0n) is 12.9. The molecular weight excluding hydrogens is 265 g/mol. The minimum atomic E-state index is -0.208. The van der Waals surface area contributed by atoms with E-state index in [4.69, 9.17) is 0 Å². The van der Waals surface area contributed by atoms with Crippen molar-refractivity contribution in [1.29, 1.82) is 0 Å². The highest BCUT2D eigenvalue weighted by molar-refractivity contribution is 5.76. The molecule has 1 aromatic carbocycles. The Bertz CT molecular complexity index is 612. The van der Waals surface area contributed by atoms with E-state index in [0.717, 1.165) is 42.3 Å². The molecule has 3 nitrogen and oxygen atoms in total. The van der Waals surface area contributed by atoms with Crippen molar-refractivity contribution in [2.24, 2.45) is 5.92 Å². The number of fused-ring (bicyclic) bond motifs is 1. The highest BCUT2D eigenvalue weighted by Gasteiger charge is 2.17. The average Bonchev–Trinajstić information content (AvgIpc) is 2.83. The van der Waals surface area contributed by atoms with E-state index in [1.807, 2.05) is 6.07 Å². The number of halogens is 1. The van der Waals surface area contributed by atoms with E-state index in [1.54, 1.807) is 6.07 Å². The first kappa shape index (κ1) is 14.5. The van der Waals surface area contributed by atoms with Crippen LogP contribution in [-0.2, 0) is 6.42 Å². The molecule has 1 N–H and O–H groups in total. The van der Waals surface area contributed by atoms with Crippen LogP contribution in [0.2, 0.25) is 0 Å². The van der Waals surface area contributed by atoms with Crippen molar-refractivity contribution < 1.29 is 4.39 Å². The fourth-order valence-electron chi connectivity index (χ4n) is 3.38. The molecule has 0 spiro atoms. The van der Waals surface area contributed by atoms with Crippen molar-refractivity contribution in [2.75, 3.05) is 13.1 Å². The zero-order valence-corrected chi connectivity index (χ0v) is 12.9. The maximum absolute atomic E-state index is 13.4. The Hall–Kier alpha value is -1.42. The monoisotopic (exact) mass is 289 g/mol. The van der Waals surface area contributed by atoms with Crippen molar-refractivity contribution in [3.05, 3.63) is 29.8 Å². The molecule has 1 aliphatic heterocycles. The normalized spacial score (nSPS) is 17.0. The molecule has 0 atom stereocenters. The molecular formula is C17H24FN3. The summed E-state index contributed by atoms with van der Waals surface area (Å²) in [5, 5.41) is 3.41. The van der Waals surface area contributed by atoms with Crippen LogP contribution in [0.3, 0.4) is 0 Å². The van der Waals surface area contributed by atoms with Gasteiger partial charge in [0.1, 0.15) is 11.6 Å². The maximum atomic E-state index is 13.4. The number of imidazole rings is 1. The van der Waals surface area contributed by atoms with Crippen molar-refractivity contribution >= 4 is 11.0 Å². The minimum absolute atomic E-state index is 0.208. The Morgan fingerprint density at radius 1 is 1.33 bits per heavy atom. The van der Waals surface area contributed by atoms with E-state index >= 15 is 0 Å². The molecule has 0 radical (unpaired) electrons. The van der Waals surface area contributed by atoms with Crippen LogP contribution in [0.5, 0.6) is 0 Å². The van der Waals surface area contributed by atoms with Crippen LogP contribution in [-0.4, -0.2) is 22.6 Å². The van der Waals surface area contributed by atoms with Gasteiger partial charge in [0.05, 0.1) is 11.0 Å². The van der Waals surface area contributed by atoms with Gasteiger partial charge >= 0.3 is 0 Å². The predicted octanol–water partition coefficient (Wildman–Crippen LogP) is 3.69. The van der Waals surface area contributed by atoms with Gasteiger partial charge in [0, 0.05) is 18.5 Å². The smallest absolute Gasteiger partial charge is 0.125 e. The lowest BCUT2D eigenvalue weighted by Gasteiger charge is -2.22. The SMILES string of the molecule is CC(C)n1c(CCC2CCNCC2)nc2cc(F)ccc21. The van der Waals surface area contributed by atoms with Gasteiger partial charge in [-0.3, -0.25) is 0 Å². The summed E-state index contributed by atoms with van der Waals surface area (Å²) in [5.41, 5.74) is 1.83. The van der Waals surface area contributed by atoms with Crippen LogP contribution in [0.1, 0.15) is 45.0 Å². The lowest BCUT2D eigenvalue weighted by atomic mass is 9.93. The first-order valence-electron chi connectivity index (χ1n) is 8.02. The summed E-state index contributed by atoms with van der Waals surface area (Å²) in [4.78, 5) is 4.69. The van der Waals surface area contributed by atoms with Gasteiger partial charge in [0.25, 0.3) is 0 Å². The summed E-state index contributed by atoms with van der Waals surface area (Å²) < 4.78 is 15.7. The van der Waals surface area contributed by atoms with Crippen molar-refractivity contribution in [1.82, 2.24) is 14.9 Å². The fourth-order valence-corrected chi connectivity index (χ4v) is 3.38. The lowest BCUT2D eigenvalue weighted by Crippen LogP contribution is -2.28. The third-order valence-electron chi connectivity index (χ3n) is 4.48. The predicted molar refractivity (Wildman–Crippen MR) is 84.0 cm³/mol. The summed E-state index contributed by atoms with van der Waals surface area (Å²) in [6.07, 6.45) is 4.69. The largest absolute Gasteiger partial charge is 0.325 e. The van der Waals surface area contributed by atoms with E-state index in [0.29, 0.717) is 6.04 Å². The number of aryl methyl sites for hydroxylation is 1. The number of hydrogen-bond acceptors (Lipinski definition) is 2. The molecule has 0 aliphatic carbocycles. The first-order chi connectivity index (χ1) is 10.1. The number of aromatic nitrogens is 2. The number of piperidine rings is 1. The summed E-state index contributed by atoms with van der Waals surface area (Å²) in [6.45, 7) is 6.60. The third-order valence-corrected chi connectivity index (χ3v) is 4.48. The van der Waals surface area contributed by atoms with Gasteiger partial charge in [0.2, 0.25) is 0 Å². The number of nitrogens with zero attached hydrogens (tertiary/aromatic N) is 2. The van der Waals surface area contributed by atoms with E-state index in [9.17, 15) is 4.39 Å². The molecule has 0 saturated carbocycles. The first-order valence-corrected chi connectivity index (χ1v) is 8.02. The molecule has 1 saturated heterocycles. The van der Waals surface area contributed by atoms with Gasteiger partial charge in [-0.15, -0.1) is 0 Å². The lowest BCUT2D eigenvalue weighted by molar-refractivity contribution is 0.350. The maximum Gasteiger partial charge on any atom is 0.125 e. The number of benzene rings is 1. The number of hydrogen-bond donors (Lipinski definition) is 1. The second-order valence-corrected chi connectivity index (χ2v) is 6.36. The highest BCUT2D eigenvalue weighted by atomic mass is 19.1. The zero-order chi connectivity index (χ0) is 14.8. The van der Waals surface area contributed by atoms with Gasteiger partial charge < -0.3 is 9.88 Å². The quantitative estimate of drug-likeness (QED) is 0.930. The van der Waals surface area contributed by atoms with Gasteiger partial charge in [-0.25, -0.2) is 9.37 Å². The second-order valence-electron chi connectivity index (χ2n) is 6.36. The molecule has 21 heavy (non-hydrogen) atoms. The van der Waals surface area contributed by atoms with Gasteiger partial charge in [-0.2, -0.15) is 0 Å². The van der Waals surface area contributed by atoms with Crippen molar-refractivity contribution in [3.63, 3.8) is 0 Å². The van der Waals surface area contributed by atoms with E-state index < -0.39 is 0 Å². The molecule has 2 aromatic rings. The van der Waals surface area contributed by atoms with Crippen molar-refractivity contribution in [3.8, 4) is 0 Å². The Morgan fingerprint density at radius 3 is 2.81 bits per heavy atom. The van der Waals surface area contributed by atoms with Crippen LogP contribution in [0.25, 0.3) is 11.0 Å². The van der Waals surface area contributed by atoms with Gasteiger partial charge in [0.15, 0.2) is 0 Å². The van der Waals surface area contributed by atoms with Crippen LogP contribution >= 0.6 is 0 Å². The topological polar surface area (TPSA) is 29.9 Å². The molecule has 1 aromatic heterocycles. The molecule has 4 heteroatoms. The second kappa shape index (κ2) is 6.14. The van der Waals surface area contributed by atoms with E-state index in [1.165, 1.54) is 25.3 Å². The van der Waals surface area contributed by atoms with Crippen LogP contribution in [0, 0.1) is 11.7 Å². The Labute approximate surface area is 125 Å². The minimum Gasteiger partial charge on any atom is -0.325 e. The van der Waals surface area contributed by atoms with Crippen molar-refractivity contribution in [2.45, 2.75) is 45.6 Å². The molecule has 0 bridgehead atoms. The molecule has 114 valence electrons. The van der Waals surface area contributed by atoms with Gasteiger partial charge in [-0.05, 0) is 64.3 Å². The molecule has 1 fully saturated rings. The average molecular weight is 289 g/mol. The Kier molecular flexibility index (Phi) is 4.24. The Balaban J connectivity index is 1.84. The molecule has 0 amide bonds. The van der Waals surface area contributed by atoms with Crippen LogP contribution in [0.4, 0.5) is 4.39 Å². The summed E-state index contributed by atoms with van der Waals surface area (Å²) >= 11 is 0. The van der Waals surface area contributed by atoms with Crippen LogP contribution < -0.4 is 5.32 Å². The van der Waals surface area contributed by atoms with Gasteiger partial charge in [-0.1, -0.05) is 0 Å². The fraction of sp³-hybridized carbons (Fsp3) is 0.588. The highest BCUT2D eigenvalue weighted by Crippen LogP contribution is 2.25. The molecule has 0 unspecified atom stereocenters. The number of rotatable bonds is 4. The molecule has 2 heterocycles. The molecule has 1 aliphatic rings.